The Kier molecular flexibility index (Phi) is 3.23. The van der Waals surface area contributed by atoms with Gasteiger partial charge in [0, 0.05) is 6.54 Å². The van der Waals surface area contributed by atoms with Crippen molar-refractivity contribution in [3.05, 3.63) is 22.6 Å². The van der Waals surface area contributed by atoms with E-state index in [1.807, 2.05) is 6.07 Å². The normalized spacial score (nSPS) is 23.6. The highest BCUT2D eigenvalue weighted by atomic mass is 16.2. The van der Waals surface area contributed by atoms with E-state index in [1.165, 1.54) is 30.2 Å². The van der Waals surface area contributed by atoms with Crippen LogP contribution in [0.25, 0.3) is 5.65 Å². The summed E-state index contributed by atoms with van der Waals surface area (Å²) in [6.45, 7) is 3.25. The lowest BCUT2D eigenvalue weighted by Gasteiger charge is -2.28. The monoisotopic (exact) mass is 261 g/mol. The number of aromatic nitrogens is 4. The summed E-state index contributed by atoms with van der Waals surface area (Å²) in [6, 6.07) is 3.65. The Hall–Kier alpha value is -1.85. The fourth-order valence-electron chi connectivity index (χ4n) is 2.83. The van der Waals surface area contributed by atoms with E-state index in [4.69, 9.17) is 0 Å². The van der Waals surface area contributed by atoms with E-state index in [0.29, 0.717) is 11.6 Å². The molecule has 19 heavy (non-hydrogen) atoms. The highest BCUT2D eigenvalue weighted by Crippen LogP contribution is 2.29. The second kappa shape index (κ2) is 5.03. The molecule has 2 atom stereocenters. The van der Waals surface area contributed by atoms with Gasteiger partial charge in [0.05, 0.1) is 0 Å². The Morgan fingerprint density at radius 2 is 2.26 bits per heavy atom. The third-order valence-corrected chi connectivity index (χ3v) is 4.11. The fourth-order valence-corrected chi connectivity index (χ4v) is 2.83. The Morgan fingerprint density at radius 1 is 1.42 bits per heavy atom. The molecule has 2 heterocycles. The molecule has 2 N–H and O–H groups in total. The van der Waals surface area contributed by atoms with Gasteiger partial charge < -0.3 is 5.32 Å². The van der Waals surface area contributed by atoms with Crippen LogP contribution in [-0.4, -0.2) is 26.4 Å². The summed E-state index contributed by atoms with van der Waals surface area (Å²) in [4.78, 5) is 11.4. The molecule has 0 spiro atoms. The number of nitrogens with zero attached hydrogens (tertiary/aromatic N) is 3. The first-order valence-electron chi connectivity index (χ1n) is 6.92. The molecule has 0 aliphatic heterocycles. The predicted molar refractivity (Wildman–Crippen MR) is 73.2 cm³/mol. The number of anilines is 1. The summed E-state index contributed by atoms with van der Waals surface area (Å²) in [5, 5.41) is 13.8. The number of rotatable bonds is 3. The highest BCUT2D eigenvalue weighted by Gasteiger charge is 2.20. The van der Waals surface area contributed by atoms with Gasteiger partial charge in [0.1, 0.15) is 5.82 Å². The zero-order valence-corrected chi connectivity index (χ0v) is 11.1. The minimum absolute atomic E-state index is 0.301. The van der Waals surface area contributed by atoms with Crippen molar-refractivity contribution in [3.8, 4) is 0 Å². The van der Waals surface area contributed by atoms with Crippen molar-refractivity contribution in [2.24, 2.45) is 11.8 Å². The second-order valence-corrected chi connectivity index (χ2v) is 5.42. The summed E-state index contributed by atoms with van der Waals surface area (Å²) >= 11 is 0. The molecule has 0 aromatic carbocycles. The molecule has 102 valence electrons. The van der Waals surface area contributed by atoms with Gasteiger partial charge in [-0.15, -0.1) is 5.10 Å². The number of hydrogen-bond acceptors (Lipinski definition) is 4. The maximum atomic E-state index is 11.4. The van der Waals surface area contributed by atoms with Crippen LogP contribution in [0, 0.1) is 11.8 Å². The van der Waals surface area contributed by atoms with E-state index in [2.05, 4.69) is 27.5 Å². The van der Waals surface area contributed by atoms with Crippen molar-refractivity contribution in [1.82, 2.24) is 19.8 Å². The van der Waals surface area contributed by atoms with Crippen molar-refractivity contribution in [2.75, 3.05) is 11.9 Å². The minimum Gasteiger partial charge on any atom is -0.368 e. The van der Waals surface area contributed by atoms with Gasteiger partial charge in [-0.25, -0.2) is 9.89 Å². The Bertz CT molecular complexity index is 617. The van der Waals surface area contributed by atoms with Gasteiger partial charge in [-0.1, -0.05) is 26.2 Å². The number of nitrogens with one attached hydrogen (secondary N) is 2. The molecule has 6 heteroatoms. The number of fused-ring (bicyclic) bond motifs is 1. The smallest absolute Gasteiger partial charge is 0.364 e. The van der Waals surface area contributed by atoms with Crippen LogP contribution in [0.5, 0.6) is 0 Å². The molecule has 1 fully saturated rings. The number of aromatic amines is 1. The van der Waals surface area contributed by atoms with Crippen LogP contribution in [0.3, 0.4) is 0 Å². The lowest BCUT2D eigenvalue weighted by Crippen LogP contribution is -2.25. The lowest BCUT2D eigenvalue weighted by atomic mass is 9.80. The Labute approximate surface area is 111 Å². The lowest BCUT2D eigenvalue weighted by molar-refractivity contribution is 0.268. The van der Waals surface area contributed by atoms with Crippen LogP contribution < -0.4 is 11.0 Å². The van der Waals surface area contributed by atoms with Gasteiger partial charge in [-0.05, 0) is 30.4 Å². The first-order chi connectivity index (χ1) is 9.24. The minimum atomic E-state index is -0.301. The SMILES string of the molecule is CC1CCCCC1CNc1ccc2n[nH]c(=O)n2n1. The van der Waals surface area contributed by atoms with E-state index in [1.54, 1.807) is 6.07 Å². The predicted octanol–water partition coefficient (Wildman–Crippen LogP) is 1.66. The van der Waals surface area contributed by atoms with E-state index >= 15 is 0 Å². The molecule has 2 aromatic rings. The van der Waals surface area contributed by atoms with Crippen LogP contribution in [0.4, 0.5) is 5.82 Å². The zero-order valence-electron chi connectivity index (χ0n) is 11.1. The molecular weight excluding hydrogens is 242 g/mol. The average molecular weight is 261 g/mol. The number of H-pyrrole nitrogens is 1. The van der Waals surface area contributed by atoms with Gasteiger partial charge in [0.15, 0.2) is 5.65 Å². The van der Waals surface area contributed by atoms with Gasteiger partial charge >= 0.3 is 5.69 Å². The van der Waals surface area contributed by atoms with E-state index < -0.39 is 0 Å². The molecule has 1 aliphatic rings. The standard InChI is InChI=1S/C13H19N5O/c1-9-4-2-3-5-10(9)8-14-11-6-7-12-15-16-13(19)18(12)17-11/h6-7,9-10H,2-5,8H2,1H3,(H,14,17)(H,16,19). The number of hydrogen-bond donors (Lipinski definition) is 2. The summed E-state index contributed by atoms with van der Waals surface area (Å²) in [6.07, 6.45) is 5.28. The largest absolute Gasteiger partial charge is 0.368 e. The first-order valence-corrected chi connectivity index (χ1v) is 6.92. The molecule has 0 saturated heterocycles. The average Bonchev–Trinajstić information content (AvgIpc) is 2.79. The molecule has 3 rings (SSSR count). The molecule has 2 aromatic heterocycles. The van der Waals surface area contributed by atoms with Crippen LogP contribution in [0.2, 0.25) is 0 Å². The molecule has 1 saturated carbocycles. The third kappa shape index (κ3) is 2.47. The molecule has 1 aliphatic carbocycles. The topological polar surface area (TPSA) is 75.1 Å². The van der Waals surface area contributed by atoms with Gasteiger partial charge in [-0.2, -0.15) is 9.61 Å². The van der Waals surface area contributed by atoms with Crippen molar-refractivity contribution in [1.29, 1.82) is 0 Å². The third-order valence-electron chi connectivity index (χ3n) is 4.11. The summed E-state index contributed by atoms with van der Waals surface area (Å²) in [5.74, 6) is 2.20. The zero-order chi connectivity index (χ0) is 13.2. The molecule has 0 radical (unpaired) electrons. The molecule has 6 nitrogen and oxygen atoms in total. The van der Waals surface area contributed by atoms with E-state index in [0.717, 1.165) is 18.3 Å². The van der Waals surface area contributed by atoms with E-state index in [9.17, 15) is 4.79 Å². The Morgan fingerprint density at radius 3 is 3.11 bits per heavy atom. The molecule has 2 unspecified atom stereocenters. The first kappa shape index (κ1) is 12.2. The van der Waals surface area contributed by atoms with Crippen molar-refractivity contribution in [3.63, 3.8) is 0 Å². The van der Waals surface area contributed by atoms with E-state index in [-0.39, 0.29) is 5.69 Å². The molecule has 0 amide bonds. The maximum Gasteiger partial charge on any atom is 0.364 e. The van der Waals surface area contributed by atoms with Gasteiger partial charge in [0.25, 0.3) is 0 Å². The quantitative estimate of drug-likeness (QED) is 0.881. The summed E-state index contributed by atoms with van der Waals surface area (Å²) < 4.78 is 1.28. The van der Waals surface area contributed by atoms with Crippen LogP contribution >= 0.6 is 0 Å². The van der Waals surface area contributed by atoms with Gasteiger partial charge in [-0.3, -0.25) is 0 Å². The maximum absolute atomic E-state index is 11.4. The van der Waals surface area contributed by atoms with Crippen LogP contribution in [-0.2, 0) is 0 Å². The molecular formula is C13H19N5O. The van der Waals surface area contributed by atoms with Gasteiger partial charge in [0.2, 0.25) is 0 Å². The summed E-state index contributed by atoms with van der Waals surface area (Å²) in [7, 11) is 0. The fraction of sp³-hybridized carbons (Fsp3) is 0.615. The van der Waals surface area contributed by atoms with Crippen LogP contribution in [0.1, 0.15) is 32.6 Å². The Balaban J connectivity index is 1.71. The van der Waals surface area contributed by atoms with Crippen molar-refractivity contribution < 1.29 is 0 Å². The highest BCUT2D eigenvalue weighted by molar-refractivity contribution is 5.42. The molecule has 0 bridgehead atoms. The second-order valence-electron chi connectivity index (χ2n) is 5.42. The van der Waals surface area contributed by atoms with Crippen molar-refractivity contribution in [2.45, 2.75) is 32.6 Å². The van der Waals surface area contributed by atoms with Crippen molar-refractivity contribution >= 4 is 11.5 Å². The van der Waals surface area contributed by atoms with Crippen LogP contribution in [0.15, 0.2) is 16.9 Å². The summed E-state index contributed by atoms with van der Waals surface area (Å²) in [5.41, 5.74) is 0.242.